The van der Waals surface area contributed by atoms with Gasteiger partial charge in [-0.05, 0) is 32.4 Å². The molecule has 1 amide bonds. The maximum Gasteiger partial charge on any atom is 0.260 e. The lowest BCUT2D eigenvalue weighted by Gasteiger charge is -2.48. The number of amides is 1. The topological polar surface area (TPSA) is 29.5 Å². The van der Waals surface area contributed by atoms with Crippen molar-refractivity contribution in [2.24, 2.45) is 0 Å². The van der Waals surface area contributed by atoms with Crippen molar-refractivity contribution in [1.29, 1.82) is 0 Å². The molecule has 2 rings (SSSR count). The highest BCUT2D eigenvalue weighted by atomic mass is 35.5. The fourth-order valence-electron chi connectivity index (χ4n) is 1.91. The minimum absolute atomic E-state index is 0.0150. The molecule has 0 spiro atoms. The molecule has 0 saturated carbocycles. The van der Waals surface area contributed by atoms with Crippen LogP contribution in [0.2, 0.25) is 5.02 Å². The fraction of sp³-hybridized carbons (Fsp3) is 0.462. The molecule has 1 fully saturated rings. The van der Waals surface area contributed by atoms with E-state index in [0.29, 0.717) is 10.8 Å². The average Bonchev–Trinajstić information content (AvgIpc) is 2.27. The summed E-state index contributed by atoms with van der Waals surface area (Å²) in [5.74, 6) is 0.571. The van der Waals surface area contributed by atoms with E-state index in [2.05, 4.69) is 13.8 Å². The van der Waals surface area contributed by atoms with Gasteiger partial charge < -0.3 is 9.64 Å². The van der Waals surface area contributed by atoms with Crippen molar-refractivity contribution in [2.45, 2.75) is 25.8 Å². The first-order chi connectivity index (χ1) is 8.00. The van der Waals surface area contributed by atoms with E-state index in [1.54, 1.807) is 12.1 Å². The standard InChI is InChI=1S/C13H16ClNO2/c1-13(2)7-8-15(13)12(16)9-17-11-6-4-3-5-10(11)14/h3-6H,7-9H2,1-2H3. The molecule has 0 unspecified atom stereocenters. The second-order valence-corrected chi connectivity index (χ2v) is 5.23. The minimum Gasteiger partial charge on any atom is -0.482 e. The summed E-state index contributed by atoms with van der Waals surface area (Å²) < 4.78 is 5.43. The quantitative estimate of drug-likeness (QED) is 0.829. The van der Waals surface area contributed by atoms with Gasteiger partial charge in [0.25, 0.3) is 5.91 Å². The van der Waals surface area contributed by atoms with Gasteiger partial charge in [0.2, 0.25) is 0 Å². The summed E-state index contributed by atoms with van der Waals surface area (Å²) in [5, 5.41) is 0.531. The van der Waals surface area contributed by atoms with E-state index in [4.69, 9.17) is 16.3 Å². The average molecular weight is 254 g/mol. The van der Waals surface area contributed by atoms with E-state index >= 15 is 0 Å². The number of para-hydroxylation sites is 1. The number of ether oxygens (including phenoxy) is 1. The van der Waals surface area contributed by atoms with Crippen LogP contribution < -0.4 is 4.74 Å². The van der Waals surface area contributed by atoms with Crippen molar-refractivity contribution in [3.63, 3.8) is 0 Å². The Labute approximate surface area is 106 Å². The zero-order valence-electron chi connectivity index (χ0n) is 10.1. The Morgan fingerprint density at radius 3 is 2.71 bits per heavy atom. The highest BCUT2D eigenvalue weighted by molar-refractivity contribution is 6.32. The number of benzene rings is 1. The SMILES string of the molecule is CC1(C)CCN1C(=O)COc1ccccc1Cl. The monoisotopic (exact) mass is 253 g/mol. The molecule has 1 saturated heterocycles. The summed E-state index contributed by atoms with van der Waals surface area (Å²) >= 11 is 5.94. The molecule has 4 heteroatoms. The maximum absolute atomic E-state index is 11.9. The van der Waals surface area contributed by atoms with E-state index in [-0.39, 0.29) is 18.1 Å². The van der Waals surface area contributed by atoms with Crippen LogP contribution in [0.15, 0.2) is 24.3 Å². The molecule has 1 aromatic carbocycles. The molecule has 0 atom stereocenters. The first-order valence-corrected chi connectivity index (χ1v) is 6.06. The Hall–Kier alpha value is -1.22. The van der Waals surface area contributed by atoms with Crippen LogP contribution >= 0.6 is 11.6 Å². The van der Waals surface area contributed by atoms with Gasteiger partial charge in [-0.1, -0.05) is 23.7 Å². The molecule has 0 N–H and O–H groups in total. The number of halogens is 1. The fourth-order valence-corrected chi connectivity index (χ4v) is 2.10. The predicted octanol–water partition coefficient (Wildman–Crippen LogP) is 2.73. The van der Waals surface area contributed by atoms with E-state index in [9.17, 15) is 4.79 Å². The Morgan fingerprint density at radius 2 is 2.18 bits per heavy atom. The molecule has 0 aromatic heterocycles. The molecule has 17 heavy (non-hydrogen) atoms. The Balaban J connectivity index is 1.91. The van der Waals surface area contributed by atoms with Crippen LogP contribution in [0.1, 0.15) is 20.3 Å². The molecule has 1 aliphatic rings. The summed E-state index contributed by atoms with van der Waals surface area (Å²) in [5.41, 5.74) is -0.0269. The van der Waals surface area contributed by atoms with Gasteiger partial charge in [0.15, 0.2) is 6.61 Å². The summed E-state index contributed by atoms with van der Waals surface area (Å²) in [7, 11) is 0. The normalized spacial score (nSPS) is 17.5. The zero-order valence-corrected chi connectivity index (χ0v) is 10.8. The highest BCUT2D eigenvalue weighted by Gasteiger charge is 2.39. The molecular weight excluding hydrogens is 238 g/mol. The summed E-state index contributed by atoms with van der Waals surface area (Å²) in [6, 6.07) is 7.17. The van der Waals surface area contributed by atoms with Crippen molar-refractivity contribution >= 4 is 17.5 Å². The van der Waals surface area contributed by atoms with Gasteiger partial charge in [-0.3, -0.25) is 4.79 Å². The van der Waals surface area contributed by atoms with Crippen LogP contribution in [0.4, 0.5) is 0 Å². The third-order valence-corrected chi connectivity index (χ3v) is 3.48. The lowest BCUT2D eigenvalue weighted by molar-refractivity contribution is -0.146. The molecule has 3 nitrogen and oxygen atoms in total. The van der Waals surface area contributed by atoms with Crippen molar-refractivity contribution < 1.29 is 9.53 Å². The number of hydrogen-bond acceptors (Lipinski definition) is 2. The van der Waals surface area contributed by atoms with Gasteiger partial charge in [0.05, 0.1) is 5.02 Å². The van der Waals surface area contributed by atoms with Crippen LogP contribution in [0.5, 0.6) is 5.75 Å². The Morgan fingerprint density at radius 1 is 1.47 bits per heavy atom. The van der Waals surface area contributed by atoms with E-state index < -0.39 is 0 Å². The third kappa shape index (κ3) is 2.55. The van der Waals surface area contributed by atoms with E-state index in [0.717, 1.165) is 13.0 Å². The molecule has 0 bridgehead atoms. The molecule has 1 aliphatic heterocycles. The summed E-state index contributed by atoms with van der Waals surface area (Å²) in [6.07, 6.45) is 1.05. The summed E-state index contributed by atoms with van der Waals surface area (Å²) in [4.78, 5) is 13.7. The lowest BCUT2D eigenvalue weighted by Crippen LogP contribution is -2.59. The van der Waals surface area contributed by atoms with E-state index in [1.807, 2.05) is 17.0 Å². The maximum atomic E-state index is 11.9. The van der Waals surface area contributed by atoms with Crippen LogP contribution in [-0.2, 0) is 4.79 Å². The molecular formula is C13H16ClNO2. The minimum atomic E-state index is -0.0269. The Kier molecular flexibility index (Phi) is 3.29. The first-order valence-electron chi connectivity index (χ1n) is 5.68. The van der Waals surface area contributed by atoms with Gasteiger partial charge in [0.1, 0.15) is 5.75 Å². The van der Waals surface area contributed by atoms with Gasteiger partial charge in [-0.2, -0.15) is 0 Å². The largest absolute Gasteiger partial charge is 0.482 e. The van der Waals surface area contributed by atoms with E-state index in [1.165, 1.54) is 0 Å². The number of hydrogen-bond donors (Lipinski definition) is 0. The van der Waals surface area contributed by atoms with Crippen molar-refractivity contribution in [2.75, 3.05) is 13.2 Å². The van der Waals surface area contributed by atoms with Crippen molar-refractivity contribution in [3.8, 4) is 5.75 Å². The molecule has 0 radical (unpaired) electrons. The number of likely N-dealkylation sites (tertiary alicyclic amines) is 1. The van der Waals surface area contributed by atoms with Crippen LogP contribution in [-0.4, -0.2) is 29.5 Å². The molecule has 1 aromatic rings. The van der Waals surface area contributed by atoms with Crippen molar-refractivity contribution in [3.05, 3.63) is 29.3 Å². The van der Waals surface area contributed by atoms with Gasteiger partial charge in [-0.15, -0.1) is 0 Å². The van der Waals surface area contributed by atoms with Gasteiger partial charge in [0, 0.05) is 12.1 Å². The van der Waals surface area contributed by atoms with Crippen LogP contribution in [0.3, 0.4) is 0 Å². The van der Waals surface area contributed by atoms with Crippen LogP contribution in [0, 0.1) is 0 Å². The number of nitrogens with zero attached hydrogens (tertiary/aromatic N) is 1. The second kappa shape index (κ2) is 4.57. The molecule has 92 valence electrons. The first kappa shape index (κ1) is 12.2. The number of carbonyl (C=O) groups is 1. The second-order valence-electron chi connectivity index (χ2n) is 4.83. The number of carbonyl (C=O) groups excluding carboxylic acids is 1. The zero-order chi connectivity index (χ0) is 12.5. The molecule has 1 heterocycles. The third-order valence-electron chi connectivity index (χ3n) is 3.17. The molecule has 0 aliphatic carbocycles. The lowest BCUT2D eigenvalue weighted by atomic mass is 9.89. The number of rotatable bonds is 3. The van der Waals surface area contributed by atoms with Gasteiger partial charge in [-0.25, -0.2) is 0 Å². The summed E-state index contributed by atoms with van der Waals surface area (Å²) in [6.45, 7) is 4.98. The predicted molar refractivity (Wildman–Crippen MR) is 67.4 cm³/mol. The Bertz CT molecular complexity index is 431. The van der Waals surface area contributed by atoms with Crippen LogP contribution in [0.25, 0.3) is 0 Å². The van der Waals surface area contributed by atoms with Crippen molar-refractivity contribution in [1.82, 2.24) is 4.90 Å². The highest BCUT2D eigenvalue weighted by Crippen LogP contribution is 2.29. The smallest absolute Gasteiger partial charge is 0.260 e. The van der Waals surface area contributed by atoms with Gasteiger partial charge >= 0.3 is 0 Å².